The average molecular weight is 236 g/mol. The summed E-state index contributed by atoms with van der Waals surface area (Å²) >= 11 is 0. The molecule has 0 spiro atoms. The molecule has 0 radical (unpaired) electrons. The molecule has 0 atom stereocenters. The number of Topliss-reactive ketones (excluding diaryl/α,β-unsaturated/α-hetero) is 1. The molecule has 0 aliphatic heterocycles. The topological polar surface area (TPSA) is 43.4 Å². The second kappa shape index (κ2) is 5.39. The molecule has 0 amide bonds. The van der Waals surface area contributed by atoms with Crippen LogP contribution in [0.4, 0.5) is 4.39 Å². The van der Waals surface area contributed by atoms with Crippen molar-refractivity contribution < 1.29 is 18.7 Å². The van der Waals surface area contributed by atoms with Crippen molar-refractivity contribution in [2.24, 2.45) is 0 Å². The van der Waals surface area contributed by atoms with Crippen molar-refractivity contribution in [3.05, 3.63) is 41.2 Å². The van der Waals surface area contributed by atoms with Gasteiger partial charge in [-0.25, -0.2) is 9.18 Å². The first-order valence-electron chi connectivity index (χ1n) is 5.03. The fourth-order valence-corrected chi connectivity index (χ4v) is 1.51. The van der Waals surface area contributed by atoms with Crippen molar-refractivity contribution in [1.82, 2.24) is 0 Å². The van der Waals surface area contributed by atoms with E-state index in [1.54, 1.807) is 6.92 Å². The summed E-state index contributed by atoms with van der Waals surface area (Å²) in [7, 11) is 1.21. The van der Waals surface area contributed by atoms with Crippen LogP contribution in [-0.2, 0) is 14.3 Å². The monoisotopic (exact) mass is 236 g/mol. The maximum absolute atomic E-state index is 12.8. The van der Waals surface area contributed by atoms with Gasteiger partial charge in [0.15, 0.2) is 5.78 Å². The number of carbonyl (C=O) groups is 2. The highest BCUT2D eigenvalue weighted by Gasteiger charge is 2.19. The standard InChI is InChI=1S/C13H13FO3/c1-8(10-4-6-11(14)7-5-10)12(9(2)15)13(16)17-3/h4-7H,1-3H3/b12-8+. The van der Waals surface area contributed by atoms with E-state index in [9.17, 15) is 14.0 Å². The molecule has 0 saturated carbocycles. The first-order chi connectivity index (χ1) is 7.97. The number of hydrogen-bond donors (Lipinski definition) is 0. The van der Waals surface area contributed by atoms with E-state index in [2.05, 4.69) is 4.74 Å². The zero-order valence-electron chi connectivity index (χ0n) is 9.91. The molecule has 17 heavy (non-hydrogen) atoms. The highest BCUT2D eigenvalue weighted by atomic mass is 19.1. The zero-order valence-corrected chi connectivity index (χ0v) is 9.91. The zero-order chi connectivity index (χ0) is 13.0. The number of ether oxygens (including phenoxy) is 1. The largest absolute Gasteiger partial charge is 0.465 e. The maximum Gasteiger partial charge on any atom is 0.341 e. The number of hydrogen-bond acceptors (Lipinski definition) is 3. The predicted octanol–water partition coefficient (Wildman–Crippen LogP) is 2.36. The van der Waals surface area contributed by atoms with Gasteiger partial charge in [-0.15, -0.1) is 0 Å². The Hall–Kier alpha value is -1.97. The van der Waals surface area contributed by atoms with Crippen LogP contribution in [0.15, 0.2) is 29.8 Å². The molecule has 0 aliphatic carbocycles. The van der Waals surface area contributed by atoms with Gasteiger partial charge < -0.3 is 4.74 Å². The number of halogens is 1. The lowest BCUT2D eigenvalue weighted by Gasteiger charge is -2.07. The molecule has 1 aromatic rings. The molecule has 0 unspecified atom stereocenters. The minimum Gasteiger partial charge on any atom is -0.465 e. The van der Waals surface area contributed by atoms with Crippen molar-refractivity contribution >= 4 is 17.3 Å². The normalized spacial score (nSPS) is 11.8. The second-order valence-electron chi connectivity index (χ2n) is 3.55. The number of rotatable bonds is 3. The van der Waals surface area contributed by atoms with Gasteiger partial charge in [-0.05, 0) is 37.1 Å². The van der Waals surface area contributed by atoms with Crippen LogP contribution < -0.4 is 0 Å². The van der Waals surface area contributed by atoms with Crippen molar-refractivity contribution in [1.29, 1.82) is 0 Å². The highest BCUT2D eigenvalue weighted by Crippen LogP contribution is 2.20. The Kier molecular flexibility index (Phi) is 4.15. The number of esters is 1. The number of carbonyl (C=O) groups excluding carboxylic acids is 2. The Labute approximate surface area is 98.9 Å². The Morgan fingerprint density at radius 3 is 2.06 bits per heavy atom. The summed E-state index contributed by atoms with van der Waals surface area (Å²) in [6.07, 6.45) is 0. The molecule has 0 aliphatic rings. The van der Waals surface area contributed by atoms with E-state index in [0.29, 0.717) is 11.1 Å². The van der Waals surface area contributed by atoms with Crippen LogP contribution in [0.25, 0.3) is 5.57 Å². The minimum absolute atomic E-state index is 0.0147. The molecule has 0 N–H and O–H groups in total. The number of allylic oxidation sites excluding steroid dienone is 1. The summed E-state index contributed by atoms with van der Waals surface area (Å²) < 4.78 is 17.3. The summed E-state index contributed by atoms with van der Waals surface area (Å²) in [6.45, 7) is 2.92. The smallest absolute Gasteiger partial charge is 0.341 e. The Morgan fingerprint density at radius 2 is 1.65 bits per heavy atom. The summed E-state index contributed by atoms with van der Waals surface area (Å²) in [6, 6.07) is 5.56. The van der Waals surface area contributed by atoms with Crippen LogP contribution in [-0.4, -0.2) is 18.9 Å². The summed E-state index contributed by atoms with van der Waals surface area (Å²) in [4.78, 5) is 22.9. The summed E-state index contributed by atoms with van der Waals surface area (Å²) in [5, 5.41) is 0. The first-order valence-corrected chi connectivity index (χ1v) is 5.03. The van der Waals surface area contributed by atoms with Gasteiger partial charge in [0, 0.05) is 0 Å². The van der Waals surface area contributed by atoms with Crippen LogP contribution in [0.5, 0.6) is 0 Å². The van der Waals surface area contributed by atoms with Crippen molar-refractivity contribution in [3.63, 3.8) is 0 Å². The first kappa shape index (κ1) is 13.1. The molecule has 3 nitrogen and oxygen atoms in total. The van der Waals surface area contributed by atoms with Gasteiger partial charge in [0.1, 0.15) is 11.4 Å². The third-order valence-electron chi connectivity index (χ3n) is 2.39. The maximum atomic E-state index is 12.8. The van der Waals surface area contributed by atoms with E-state index in [0.717, 1.165) is 0 Å². The lowest BCUT2D eigenvalue weighted by Crippen LogP contribution is -2.13. The minimum atomic E-state index is -0.681. The van der Waals surface area contributed by atoms with Crippen LogP contribution in [0.2, 0.25) is 0 Å². The van der Waals surface area contributed by atoms with E-state index in [4.69, 9.17) is 0 Å². The molecular formula is C13H13FO3. The van der Waals surface area contributed by atoms with Crippen LogP contribution >= 0.6 is 0 Å². The van der Waals surface area contributed by atoms with Crippen molar-refractivity contribution in [2.45, 2.75) is 13.8 Å². The van der Waals surface area contributed by atoms with Gasteiger partial charge in [0.05, 0.1) is 7.11 Å². The highest BCUT2D eigenvalue weighted by molar-refractivity contribution is 6.21. The SMILES string of the molecule is COC(=O)/C(C(C)=O)=C(\C)c1ccc(F)cc1. The molecular weight excluding hydrogens is 223 g/mol. The van der Waals surface area contributed by atoms with Gasteiger partial charge in [0.2, 0.25) is 0 Å². The van der Waals surface area contributed by atoms with Gasteiger partial charge in [-0.2, -0.15) is 0 Å². The third-order valence-corrected chi connectivity index (χ3v) is 2.39. The van der Waals surface area contributed by atoms with Crippen LogP contribution in [0.3, 0.4) is 0 Å². The molecule has 0 fully saturated rings. The summed E-state index contributed by atoms with van der Waals surface area (Å²) in [5.74, 6) is -1.43. The van der Waals surface area contributed by atoms with E-state index in [-0.39, 0.29) is 17.2 Å². The van der Waals surface area contributed by atoms with Crippen LogP contribution in [0, 0.1) is 5.82 Å². The fraction of sp³-hybridized carbons (Fsp3) is 0.231. The van der Waals surface area contributed by atoms with E-state index < -0.39 is 5.97 Å². The molecule has 0 heterocycles. The molecule has 0 bridgehead atoms. The number of methoxy groups -OCH3 is 1. The number of ketones is 1. The molecule has 1 aromatic carbocycles. The van der Waals surface area contributed by atoms with Gasteiger partial charge >= 0.3 is 5.97 Å². The third kappa shape index (κ3) is 3.00. The van der Waals surface area contributed by atoms with Gasteiger partial charge in [-0.1, -0.05) is 12.1 Å². The number of benzene rings is 1. The second-order valence-corrected chi connectivity index (χ2v) is 3.55. The lowest BCUT2D eigenvalue weighted by atomic mass is 9.99. The Morgan fingerprint density at radius 1 is 1.12 bits per heavy atom. The predicted molar refractivity (Wildman–Crippen MR) is 61.7 cm³/mol. The summed E-state index contributed by atoms with van der Waals surface area (Å²) in [5.41, 5.74) is 1.07. The Bertz CT molecular complexity index is 472. The quantitative estimate of drug-likeness (QED) is 0.350. The van der Waals surface area contributed by atoms with E-state index >= 15 is 0 Å². The molecule has 90 valence electrons. The van der Waals surface area contributed by atoms with Crippen LogP contribution in [0.1, 0.15) is 19.4 Å². The van der Waals surface area contributed by atoms with E-state index in [1.165, 1.54) is 38.3 Å². The average Bonchev–Trinajstić information content (AvgIpc) is 2.29. The molecule has 1 rings (SSSR count). The van der Waals surface area contributed by atoms with Gasteiger partial charge in [0.25, 0.3) is 0 Å². The van der Waals surface area contributed by atoms with Crippen molar-refractivity contribution in [3.8, 4) is 0 Å². The fourth-order valence-electron chi connectivity index (χ4n) is 1.51. The molecule has 0 aromatic heterocycles. The lowest BCUT2D eigenvalue weighted by molar-refractivity contribution is -0.137. The van der Waals surface area contributed by atoms with Gasteiger partial charge in [-0.3, -0.25) is 4.79 Å². The van der Waals surface area contributed by atoms with Crippen molar-refractivity contribution in [2.75, 3.05) is 7.11 Å². The van der Waals surface area contributed by atoms with E-state index in [1.807, 2.05) is 0 Å². The molecule has 0 saturated heterocycles. The Balaban J connectivity index is 3.29. The molecule has 4 heteroatoms.